The summed E-state index contributed by atoms with van der Waals surface area (Å²) >= 11 is 0. The lowest BCUT2D eigenvalue weighted by Crippen LogP contribution is -2.41. The lowest BCUT2D eigenvalue weighted by molar-refractivity contribution is 0.0580. The highest BCUT2D eigenvalue weighted by atomic mass is 16.7. The summed E-state index contributed by atoms with van der Waals surface area (Å²) in [5.74, 6) is 2.55. The van der Waals surface area contributed by atoms with E-state index in [1.807, 2.05) is 18.2 Å². The zero-order chi connectivity index (χ0) is 17.1. The predicted octanol–water partition coefficient (Wildman–Crippen LogP) is 1.76. The maximum atomic E-state index is 10.3. The molecule has 1 aromatic heterocycles. The Morgan fingerprint density at radius 1 is 1.32 bits per heavy atom. The van der Waals surface area contributed by atoms with E-state index in [4.69, 9.17) is 14.2 Å². The Morgan fingerprint density at radius 3 is 3.12 bits per heavy atom. The summed E-state index contributed by atoms with van der Waals surface area (Å²) in [4.78, 5) is 2.29. The molecule has 7 nitrogen and oxygen atoms in total. The third-order valence-electron chi connectivity index (χ3n) is 4.72. The van der Waals surface area contributed by atoms with Crippen LogP contribution in [0.4, 0.5) is 0 Å². The van der Waals surface area contributed by atoms with Crippen molar-refractivity contribution in [2.24, 2.45) is 0 Å². The Bertz CT molecular complexity index is 692. The van der Waals surface area contributed by atoms with Gasteiger partial charge in [-0.2, -0.15) is 5.10 Å². The van der Waals surface area contributed by atoms with E-state index in [1.165, 1.54) is 5.69 Å². The van der Waals surface area contributed by atoms with Crippen LogP contribution in [0.5, 0.6) is 17.2 Å². The van der Waals surface area contributed by atoms with Gasteiger partial charge in [0.15, 0.2) is 11.5 Å². The lowest BCUT2D eigenvalue weighted by atomic mass is 9.95. The van der Waals surface area contributed by atoms with E-state index >= 15 is 0 Å². The number of nitrogens with one attached hydrogen (secondary N) is 1. The third-order valence-corrected chi connectivity index (χ3v) is 4.72. The number of H-pyrrole nitrogens is 1. The van der Waals surface area contributed by atoms with Crippen molar-refractivity contribution in [3.63, 3.8) is 0 Å². The monoisotopic (exact) mass is 345 g/mol. The summed E-state index contributed by atoms with van der Waals surface area (Å²) in [7, 11) is 0. The van der Waals surface area contributed by atoms with Crippen LogP contribution >= 0.6 is 0 Å². The Morgan fingerprint density at radius 2 is 2.24 bits per heavy atom. The van der Waals surface area contributed by atoms with Gasteiger partial charge in [0.1, 0.15) is 18.5 Å². The number of aliphatic hydroxyl groups is 1. The van der Waals surface area contributed by atoms with Crippen molar-refractivity contribution in [2.75, 3.05) is 33.0 Å². The molecule has 25 heavy (non-hydrogen) atoms. The summed E-state index contributed by atoms with van der Waals surface area (Å²) in [6.45, 7) is 3.04. The molecule has 134 valence electrons. The van der Waals surface area contributed by atoms with E-state index in [0.29, 0.717) is 24.0 Å². The van der Waals surface area contributed by atoms with Gasteiger partial charge in [-0.05, 0) is 37.6 Å². The van der Waals surface area contributed by atoms with E-state index in [2.05, 4.69) is 15.1 Å². The van der Waals surface area contributed by atoms with Gasteiger partial charge in [0.25, 0.3) is 0 Å². The van der Waals surface area contributed by atoms with Crippen molar-refractivity contribution < 1.29 is 19.3 Å². The topological polar surface area (TPSA) is 79.8 Å². The van der Waals surface area contributed by atoms with Gasteiger partial charge in [0.05, 0.1) is 0 Å². The molecular formula is C18H23N3O4. The van der Waals surface area contributed by atoms with Gasteiger partial charge in [-0.25, -0.2) is 0 Å². The molecule has 2 aliphatic heterocycles. The van der Waals surface area contributed by atoms with Crippen LogP contribution < -0.4 is 14.2 Å². The minimum Gasteiger partial charge on any atom is -0.491 e. The van der Waals surface area contributed by atoms with E-state index in [-0.39, 0.29) is 13.4 Å². The second-order valence-corrected chi connectivity index (χ2v) is 6.59. The number of benzene rings is 1. The highest BCUT2D eigenvalue weighted by Gasteiger charge is 2.24. The van der Waals surface area contributed by atoms with Crippen LogP contribution in [-0.4, -0.2) is 59.3 Å². The number of aromatic nitrogens is 2. The summed E-state index contributed by atoms with van der Waals surface area (Å²) in [6.07, 6.45) is 3.54. The quantitative estimate of drug-likeness (QED) is 0.830. The molecule has 0 spiro atoms. The number of hydrogen-bond donors (Lipinski definition) is 2. The largest absolute Gasteiger partial charge is 0.491 e. The lowest BCUT2D eigenvalue weighted by Gasteiger charge is -2.33. The second-order valence-electron chi connectivity index (χ2n) is 6.59. The van der Waals surface area contributed by atoms with Crippen molar-refractivity contribution >= 4 is 0 Å². The van der Waals surface area contributed by atoms with Crippen LogP contribution in [-0.2, 0) is 0 Å². The third kappa shape index (κ3) is 3.88. The molecule has 2 atom stereocenters. The van der Waals surface area contributed by atoms with E-state index in [0.717, 1.165) is 31.7 Å². The van der Waals surface area contributed by atoms with Crippen LogP contribution in [0.3, 0.4) is 0 Å². The van der Waals surface area contributed by atoms with Gasteiger partial charge >= 0.3 is 0 Å². The zero-order valence-electron chi connectivity index (χ0n) is 14.1. The number of rotatable bonds is 6. The maximum absolute atomic E-state index is 10.3. The van der Waals surface area contributed by atoms with Crippen molar-refractivity contribution in [1.29, 1.82) is 0 Å². The van der Waals surface area contributed by atoms with Crippen molar-refractivity contribution in [3.05, 3.63) is 36.2 Å². The van der Waals surface area contributed by atoms with Gasteiger partial charge in [0.2, 0.25) is 6.79 Å². The van der Waals surface area contributed by atoms with E-state index in [9.17, 15) is 5.11 Å². The Balaban J connectivity index is 1.26. The fourth-order valence-corrected chi connectivity index (χ4v) is 3.48. The van der Waals surface area contributed by atoms with Gasteiger partial charge in [-0.3, -0.25) is 10.00 Å². The normalized spacial score (nSPS) is 21.2. The standard InChI is InChI=1S/C18H23N3O4/c22-14(11-23-15-3-4-17-18(8-15)25-12-24-17)10-21-7-1-2-13(9-21)16-5-6-19-20-16/h3-6,8,13-14,22H,1-2,7,9-12H2,(H,19,20)/t13-,14+/m0/s1. The molecule has 0 aliphatic carbocycles. The van der Waals surface area contributed by atoms with Crippen LogP contribution in [0.25, 0.3) is 0 Å². The number of fused-ring (bicyclic) bond motifs is 1. The summed E-state index contributed by atoms with van der Waals surface area (Å²) < 4.78 is 16.3. The number of ether oxygens (including phenoxy) is 3. The fourth-order valence-electron chi connectivity index (χ4n) is 3.48. The molecule has 1 aromatic carbocycles. The van der Waals surface area contributed by atoms with Gasteiger partial charge in [0, 0.05) is 37.0 Å². The Kier molecular flexibility index (Phi) is 4.76. The molecule has 0 saturated carbocycles. The molecule has 3 heterocycles. The Hall–Kier alpha value is -2.25. The number of aliphatic hydroxyl groups excluding tert-OH is 1. The van der Waals surface area contributed by atoms with E-state index in [1.54, 1.807) is 12.3 Å². The van der Waals surface area contributed by atoms with Gasteiger partial charge in [-0.1, -0.05) is 0 Å². The summed E-state index contributed by atoms with van der Waals surface area (Å²) in [6, 6.07) is 7.48. The number of piperidine rings is 1. The molecule has 7 heteroatoms. The molecule has 4 rings (SSSR count). The SMILES string of the molecule is O[C@@H](COc1ccc2c(c1)OCO2)CN1CCC[C@H](c2ccn[nH]2)C1. The molecule has 2 aliphatic rings. The first-order chi connectivity index (χ1) is 12.3. The molecular weight excluding hydrogens is 322 g/mol. The van der Waals surface area contributed by atoms with Crippen LogP contribution in [0, 0.1) is 0 Å². The number of hydrogen-bond acceptors (Lipinski definition) is 6. The minimum absolute atomic E-state index is 0.244. The molecule has 2 N–H and O–H groups in total. The molecule has 0 unspecified atom stereocenters. The van der Waals surface area contributed by atoms with Crippen molar-refractivity contribution in [3.8, 4) is 17.2 Å². The van der Waals surface area contributed by atoms with E-state index < -0.39 is 6.10 Å². The smallest absolute Gasteiger partial charge is 0.231 e. The molecule has 1 saturated heterocycles. The highest BCUT2D eigenvalue weighted by molar-refractivity contribution is 5.46. The number of aromatic amines is 1. The van der Waals surface area contributed by atoms with Gasteiger partial charge in [-0.15, -0.1) is 0 Å². The van der Waals surface area contributed by atoms with Gasteiger partial charge < -0.3 is 19.3 Å². The predicted molar refractivity (Wildman–Crippen MR) is 91.1 cm³/mol. The number of nitrogens with zero attached hydrogens (tertiary/aromatic N) is 2. The Labute approximate surface area is 146 Å². The molecule has 0 bridgehead atoms. The highest BCUT2D eigenvalue weighted by Crippen LogP contribution is 2.35. The molecule has 0 radical (unpaired) electrons. The van der Waals surface area contributed by atoms with Crippen molar-refractivity contribution in [1.82, 2.24) is 15.1 Å². The van der Waals surface area contributed by atoms with Crippen LogP contribution in [0.1, 0.15) is 24.5 Å². The number of likely N-dealkylation sites (tertiary alicyclic amines) is 1. The average Bonchev–Trinajstić information content (AvgIpc) is 3.31. The first-order valence-corrected chi connectivity index (χ1v) is 8.70. The van der Waals surface area contributed by atoms with Crippen LogP contribution in [0.2, 0.25) is 0 Å². The minimum atomic E-state index is -0.536. The maximum Gasteiger partial charge on any atom is 0.231 e. The summed E-state index contributed by atoms with van der Waals surface area (Å²) in [5, 5.41) is 17.4. The number of β-amino-alcohol motifs (C(OH)–C–C–N with tert-alkyl or cyclic N) is 1. The first-order valence-electron chi connectivity index (χ1n) is 8.70. The first kappa shape index (κ1) is 16.2. The second kappa shape index (κ2) is 7.33. The average molecular weight is 345 g/mol. The summed E-state index contributed by atoms with van der Waals surface area (Å²) in [5.41, 5.74) is 1.18. The molecule has 2 aromatic rings. The fraction of sp³-hybridized carbons (Fsp3) is 0.500. The zero-order valence-corrected chi connectivity index (χ0v) is 14.1. The molecule has 1 fully saturated rings. The van der Waals surface area contributed by atoms with Crippen LogP contribution in [0.15, 0.2) is 30.5 Å². The molecule has 0 amide bonds. The van der Waals surface area contributed by atoms with Crippen molar-refractivity contribution in [2.45, 2.75) is 24.9 Å².